The summed E-state index contributed by atoms with van der Waals surface area (Å²) in [6.07, 6.45) is -0.567. The van der Waals surface area contributed by atoms with E-state index in [2.05, 4.69) is 10.3 Å². The number of hydrogen-bond acceptors (Lipinski definition) is 5. The van der Waals surface area contributed by atoms with Gasteiger partial charge in [0.25, 0.3) is 5.91 Å². The minimum Gasteiger partial charge on any atom is -0.497 e. The smallest absolute Gasteiger partial charge is 0.261 e. The molecular weight excluding hydrogens is 300 g/mol. The van der Waals surface area contributed by atoms with Crippen molar-refractivity contribution in [2.24, 2.45) is 0 Å². The summed E-state index contributed by atoms with van der Waals surface area (Å²) in [5, 5.41) is 3.88. The van der Waals surface area contributed by atoms with Crippen LogP contribution in [0.3, 0.4) is 0 Å². The zero-order valence-corrected chi connectivity index (χ0v) is 14.0. The van der Waals surface area contributed by atoms with Crippen molar-refractivity contribution in [3.05, 3.63) is 39.8 Å². The first-order valence-corrected chi connectivity index (χ1v) is 7.82. The van der Waals surface area contributed by atoms with Crippen LogP contribution in [-0.2, 0) is 11.3 Å². The van der Waals surface area contributed by atoms with Crippen LogP contribution in [-0.4, -0.2) is 24.1 Å². The molecule has 1 N–H and O–H groups in total. The molecule has 1 unspecified atom stereocenters. The number of aryl methyl sites for hydroxylation is 2. The van der Waals surface area contributed by atoms with Gasteiger partial charge in [0.15, 0.2) is 6.10 Å². The molecule has 2 aromatic rings. The minimum atomic E-state index is -0.567. The molecule has 1 atom stereocenters. The van der Waals surface area contributed by atoms with E-state index in [1.54, 1.807) is 49.6 Å². The lowest BCUT2D eigenvalue weighted by Gasteiger charge is -2.14. The van der Waals surface area contributed by atoms with E-state index < -0.39 is 6.10 Å². The molecule has 1 aromatic heterocycles. The molecule has 118 valence electrons. The van der Waals surface area contributed by atoms with Crippen LogP contribution in [0.1, 0.15) is 22.5 Å². The molecule has 2 rings (SSSR count). The van der Waals surface area contributed by atoms with E-state index in [0.717, 1.165) is 21.3 Å². The molecule has 0 fully saturated rings. The molecule has 0 aliphatic rings. The Labute approximate surface area is 134 Å². The molecule has 1 aromatic carbocycles. The molecule has 22 heavy (non-hydrogen) atoms. The van der Waals surface area contributed by atoms with Crippen molar-refractivity contribution >= 4 is 17.2 Å². The first-order chi connectivity index (χ1) is 10.5. The maximum Gasteiger partial charge on any atom is 0.261 e. The number of methoxy groups -OCH3 is 1. The highest BCUT2D eigenvalue weighted by atomic mass is 32.1. The Morgan fingerprint density at radius 1 is 1.27 bits per heavy atom. The number of benzene rings is 1. The fourth-order valence-corrected chi connectivity index (χ4v) is 2.84. The van der Waals surface area contributed by atoms with Crippen molar-refractivity contribution in [3.8, 4) is 11.5 Å². The second kappa shape index (κ2) is 7.26. The number of carbonyl (C=O) groups excluding carboxylic acids is 1. The maximum atomic E-state index is 12.1. The number of amides is 1. The number of aromatic nitrogens is 1. The van der Waals surface area contributed by atoms with Gasteiger partial charge in [-0.15, -0.1) is 11.3 Å². The molecule has 6 heteroatoms. The van der Waals surface area contributed by atoms with Crippen LogP contribution in [0, 0.1) is 13.8 Å². The largest absolute Gasteiger partial charge is 0.497 e. The Balaban J connectivity index is 1.87. The molecule has 1 heterocycles. The zero-order valence-electron chi connectivity index (χ0n) is 13.2. The van der Waals surface area contributed by atoms with E-state index in [9.17, 15) is 4.79 Å². The first kappa shape index (κ1) is 16.3. The van der Waals surface area contributed by atoms with Crippen molar-refractivity contribution in [1.82, 2.24) is 10.3 Å². The number of hydrogen-bond donors (Lipinski definition) is 1. The summed E-state index contributed by atoms with van der Waals surface area (Å²) in [5.74, 6) is 1.23. The van der Waals surface area contributed by atoms with Gasteiger partial charge in [-0.3, -0.25) is 4.79 Å². The highest BCUT2D eigenvalue weighted by Gasteiger charge is 2.15. The van der Waals surface area contributed by atoms with Crippen LogP contribution in [0.2, 0.25) is 0 Å². The fourth-order valence-electron chi connectivity index (χ4n) is 1.96. The summed E-state index contributed by atoms with van der Waals surface area (Å²) in [4.78, 5) is 17.5. The van der Waals surface area contributed by atoms with Gasteiger partial charge in [-0.2, -0.15) is 0 Å². The summed E-state index contributed by atoms with van der Waals surface area (Å²) in [7, 11) is 1.61. The summed E-state index contributed by atoms with van der Waals surface area (Å²) < 4.78 is 10.7. The standard InChI is InChI=1S/C16H20N2O3S/c1-10-15(22-12(3)18-10)9-17-16(19)11(2)21-14-7-5-13(20-4)6-8-14/h5-8,11H,9H2,1-4H3,(H,17,19). The first-order valence-electron chi connectivity index (χ1n) is 7.01. The van der Waals surface area contributed by atoms with E-state index in [-0.39, 0.29) is 5.91 Å². The minimum absolute atomic E-state index is 0.152. The Hall–Kier alpha value is -2.08. The van der Waals surface area contributed by atoms with Gasteiger partial charge in [0.05, 0.1) is 24.4 Å². The van der Waals surface area contributed by atoms with Gasteiger partial charge in [-0.25, -0.2) is 4.98 Å². The third-order valence-electron chi connectivity index (χ3n) is 3.16. The monoisotopic (exact) mass is 320 g/mol. The highest BCUT2D eigenvalue weighted by molar-refractivity contribution is 7.11. The molecule has 0 spiro atoms. The zero-order chi connectivity index (χ0) is 16.1. The van der Waals surface area contributed by atoms with Crippen LogP contribution in [0.4, 0.5) is 0 Å². The lowest BCUT2D eigenvalue weighted by atomic mass is 10.3. The number of ether oxygens (including phenoxy) is 2. The lowest BCUT2D eigenvalue weighted by Crippen LogP contribution is -2.35. The van der Waals surface area contributed by atoms with Gasteiger partial charge in [0.2, 0.25) is 0 Å². The number of nitrogens with zero attached hydrogens (tertiary/aromatic N) is 1. The molecular formula is C16H20N2O3S. The van der Waals surface area contributed by atoms with Crippen LogP contribution < -0.4 is 14.8 Å². The van der Waals surface area contributed by atoms with Crippen LogP contribution in [0.15, 0.2) is 24.3 Å². The number of thiazole rings is 1. The predicted molar refractivity (Wildman–Crippen MR) is 86.5 cm³/mol. The normalized spacial score (nSPS) is 11.8. The van der Waals surface area contributed by atoms with Crippen LogP contribution in [0.25, 0.3) is 0 Å². The molecule has 1 amide bonds. The molecule has 0 aliphatic carbocycles. The average molecular weight is 320 g/mol. The summed E-state index contributed by atoms with van der Waals surface area (Å²) in [6.45, 7) is 6.11. The second-order valence-electron chi connectivity index (χ2n) is 4.89. The molecule has 0 saturated carbocycles. The van der Waals surface area contributed by atoms with Crippen molar-refractivity contribution < 1.29 is 14.3 Å². The van der Waals surface area contributed by atoms with E-state index >= 15 is 0 Å². The molecule has 0 saturated heterocycles. The Kier molecular flexibility index (Phi) is 5.38. The van der Waals surface area contributed by atoms with Gasteiger partial charge in [0.1, 0.15) is 11.5 Å². The maximum absolute atomic E-state index is 12.1. The van der Waals surface area contributed by atoms with Crippen LogP contribution in [0.5, 0.6) is 11.5 Å². The number of nitrogens with one attached hydrogen (secondary N) is 1. The SMILES string of the molecule is COc1ccc(OC(C)C(=O)NCc2sc(C)nc2C)cc1. The van der Waals surface area contributed by atoms with Crippen molar-refractivity contribution in [3.63, 3.8) is 0 Å². The van der Waals surface area contributed by atoms with Gasteiger partial charge < -0.3 is 14.8 Å². The topological polar surface area (TPSA) is 60.5 Å². The summed E-state index contributed by atoms with van der Waals surface area (Å²) in [5.41, 5.74) is 0.964. The Morgan fingerprint density at radius 2 is 1.91 bits per heavy atom. The van der Waals surface area contributed by atoms with Gasteiger partial charge in [0, 0.05) is 4.88 Å². The van der Waals surface area contributed by atoms with Gasteiger partial charge in [-0.1, -0.05) is 0 Å². The highest BCUT2D eigenvalue weighted by Crippen LogP contribution is 2.19. The van der Waals surface area contributed by atoms with E-state index in [4.69, 9.17) is 9.47 Å². The Bertz CT molecular complexity index is 637. The molecule has 0 aliphatic heterocycles. The quantitative estimate of drug-likeness (QED) is 0.889. The molecule has 0 bridgehead atoms. The van der Waals surface area contributed by atoms with Crippen molar-refractivity contribution in [1.29, 1.82) is 0 Å². The van der Waals surface area contributed by atoms with E-state index in [1.807, 2.05) is 13.8 Å². The van der Waals surface area contributed by atoms with Gasteiger partial charge in [-0.05, 0) is 45.0 Å². The third kappa shape index (κ3) is 4.21. The lowest BCUT2D eigenvalue weighted by molar-refractivity contribution is -0.127. The third-order valence-corrected chi connectivity index (χ3v) is 4.24. The fraction of sp³-hybridized carbons (Fsp3) is 0.375. The Morgan fingerprint density at radius 3 is 2.45 bits per heavy atom. The molecule has 5 nitrogen and oxygen atoms in total. The van der Waals surface area contributed by atoms with E-state index in [0.29, 0.717) is 12.3 Å². The summed E-state index contributed by atoms with van der Waals surface area (Å²) in [6, 6.07) is 7.14. The molecule has 0 radical (unpaired) electrons. The van der Waals surface area contributed by atoms with E-state index in [1.165, 1.54) is 0 Å². The van der Waals surface area contributed by atoms with Crippen LogP contribution >= 0.6 is 11.3 Å². The second-order valence-corrected chi connectivity index (χ2v) is 6.18. The predicted octanol–water partition coefficient (Wildman–Crippen LogP) is 2.85. The summed E-state index contributed by atoms with van der Waals surface area (Å²) >= 11 is 1.60. The van der Waals surface area contributed by atoms with Crippen molar-refractivity contribution in [2.75, 3.05) is 7.11 Å². The van der Waals surface area contributed by atoms with Crippen molar-refractivity contribution in [2.45, 2.75) is 33.4 Å². The number of rotatable bonds is 6. The van der Waals surface area contributed by atoms with Gasteiger partial charge >= 0.3 is 0 Å². The average Bonchev–Trinajstić information content (AvgIpc) is 2.83. The number of carbonyl (C=O) groups is 1.